The summed E-state index contributed by atoms with van der Waals surface area (Å²) in [5, 5.41) is 9.19. The molecule has 0 aliphatic rings. The largest absolute Gasteiger partial charge is 0.513 e. The van der Waals surface area contributed by atoms with Crippen LogP contribution in [0.15, 0.2) is 24.5 Å². The molecule has 0 aromatic heterocycles. The molecule has 0 amide bonds. The van der Waals surface area contributed by atoms with Gasteiger partial charge in [0, 0.05) is 6.42 Å². The van der Waals surface area contributed by atoms with Crippen LogP contribution in [-0.4, -0.2) is 5.11 Å². The van der Waals surface area contributed by atoms with Crippen LogP contribution in [0.3, 0.4) is 0 Å². The van der Waals surface area contributed by atoms with Crippen molar-refractivity contribution in [1.82, 2.24) is 0 Å². The molecule has 0 fully saturated rings. The Kier molecular flexibility index (Phi) is 27.7. The number of aliphatic hydroxyl groups excluding tert-OH is 1. The molecule has 0 aromatic carbocycles. The summed E-state index contributed by atoms with van der Waals surface area (Å²) >= 11 is 0. The second-order valence-electron chi connectivity index (χ2n) is 12.5. The van der Waals surface area contributed by atoms with Gasteiger partial charge >= 0.3 is 0 Å². The SMILES string of the molecule is C=C(O)CCCCCCCCC(CCCCCC)CC(=C)CCCCCCCCC(C)CCCCCC. The van der Waals surface area contributed by atoms with Gasteiger partial charge in [0.05, 0.1) is 5.76 Å². The van der Waals surface area contributed by atoms with Crippen molar-refractivity contribution in [3.8, 4) is 0 Å². The van der Waals surface area contributed by atoms with Crippen LogP contribution < -0.4 is 0 Å². The monoisotopic (exact) mass is 519 g/mol. The first-order chi connectivity index (χ1) is 18.0. The molecule has 0 aliphatic carbocycles. The minimum atomic E-state index is 0.347. The fourth-order valence-corrected chi connectivity index (χ4v) is 5.83. The minimum absolute atomic E-state index is 0.347. The van der Waals surface area contributed by atoms with Gasteiger partial charge in [0.2, 0.25) is 0 Å². The van der Waals surface area contributed by atoms with Gasteiger partial charge in [0.1, 0.15) is 0 Å². The molecular formula is C36H70O. The zero-order valence-corrected chi connectivity index (χ0v) is 26.1. The zero-order chi connectivity index (χ0) is 27.4. The Bertz CT molecular complexity index is 493. The van der Waals surface area contributed by atoms with Gasteiger partial charge in [-0.2, -0.15) is 0 Å². The molecule has 0 saturated carbocycles. The summed E-state index contributed by atoms with van der Waals surface area (Å²) in [6.07, 6.45) is 36.5. The fourth-order valence-electron chi connectivity index (χ4n) is 5.83. The molecule has 2 atom stereocenters. The average Bonchev–Trinajstić information content (AvgIpc) is 2.87. The van der Waals surface area contributed by atoms with E-state index in [1.165, 1.54) is 166 Å². The van der Waals surface area contributed by atoms with E-state index in [0.717, 1.165) is 24.7 Å². The van der Waals surface area contributed by atoms with Gasteiger partial charge in [-0.15, -0.1) is 0 Å². The lowest BCUT2D eigenvalue weighted by atomic mass is 9.87. The molecule has 220 valence electrons. The van der Waals surface area contributed by atoms with Crippen LogP contribution in [0, 0.1) is 11.8 Å². The Labute approximate surface area is 235 Å². The Hall–Kier alpha value is -0.720. The summed E-state index contributed by atoms with van der Waals surface area (Å²) in [6.45, 7) is 15.2. The van der Waals surface area contributed by atoms with Crippen molar-refractivity contribution in [2.24, 2.45) is 11.8 Å². The third-order valence-corrected chi connectivity index (χ3v) is 8.40. The van der Waals surface area contributed by atoms with E-state index >= 15 is 0 Å². The van der Waals surface area contributed by atoms with Crippen molar-refractivity contribution >= 4 is 0 Å². The minimum Gasteiger partial charge on any atom is -0.513 e. The van der Waals surface area contributed by atoms with Crippen molar-refractivity contribution in [2.75, 3.05) is 0 Å². The number of hydrogen-bond donors (Lipinski definition) is 1. The maximum Gasteiger partial charge on any atom is 0.0851 e. The lowest BCUT2D eigenvalue weighted by molar-refractivity contribution is 0.380. The molecule has 2 unspecified atom stereocenters. The third-order valence-electron chi connectivity index (χ3n) is 8.40. The molecular weight excluding hydrogens is 448 g/mol. The van der Waals surface area contributed by atoms with Gasteiger partial charge in [-0.3, -0.25) is 0 Å². The summed E-state index contributed by atoms with van der Waals surface area (Å²) in [6, 6.07) is 0. The highest BCUT2D eigenvalue weighted by atomic mass is 16.3. The maximum absolute atomic E-state index is 9.19. The molecule has 1 N–H and O–H groups in total. The van der Waals surface area contributed by atoms with E-state index in [-0.39, 0.29) is 0 Å². The van der Waals surface area contributed by atoms with Crippen LogP contribution in [-0.2, 0) is 0 Å². The molecule has 37 heavy (non-hydrogen) atoms. The molecule has 0 saturated heterocycles. The molecule has 0 bridgehead atoms. The molecule has 1 nitrogen and oxygen atoms in total. The summed E-state index contributed by atoms with van der Waals surface area (Å²) in [4.78, 5) is 0. The van der Waals surface area contributed by atoms with E-state index < -0.39 is 0 Å². The number of hydrogen-bond acceptors (Lipinski definition) is 1. The molecule has 1 heteroatoms. The van der Waals surface area contributed by atoms with Crippen LogP contribution in [0.1, 0.15) is 194 Å². The van der Waals surface area contributed by atoms with Crippen LogP contribution in [0.4, 0.5) is 0 Å². The third kappa shape index (κ3) is 28.1. The first kappa shape index (κ1) is 36.3. The predicted molar refractivity (Wildman–Crippen MR) is 170 cm³/mol. The average molecular weight is 519 g/mol. The Morgan fingerprint density at radius 2 is 0.892 bits per heavy atom. The quantitative estimate of drug-likeness (QED) is 0.0569. The molecule has 0 aliphatic heterocycles. The summed E-state index contributed by atoms with van der Waals surface area (Å²) in [7, 11) is 0. The number of allylic oxidation sites excluding steroid dienone is 2. The second-order valence-corrected chi connectivity index (χ2v) is 12.5. The summed E-state index contributed by atoms with van der Waals surface area (Å²) in [5.41, 5.74) is 1.53. The first-order valence-corrected chi connectivity index (χ1v) is 17.0. The van der Waals surface area contributed by atoms with Crippen LogP contribution in [0.5, 0.6) is 0 Å². The molecule has 0 rings (SSSR count). The van der Waals surface area contributed by atoms with Gasteiger partial charge in [-0.1, -0.05) is 181 Å². The topological polar surface area (TPSA) is 20.2 Å². The van der Waals surface area contributed by atoms with Gasteiger partial charge in [-0.05, 0) is 37.5 Å². The van der Waals surface area contributed by atoms with E-state index in [2.05, 4.69) is 33.9 Å². The van der Waals surface area contributed by atoms with Gasteiger partial charge in [0.15, 0.2) is 0 Å². The van der Waals surface area contributed by atoms with Crippen molar-refractivity contribution in [3.05, 3.63) is 24.5 Å². The lowest BCUT2D eigenvalue weighted by Crippen LogP contribution is -2.03. The van der Waals surface area contributed by atoms with Crippen molar-refractivity contribution in [2.45, 2.75) is 194 Å². The van der Waals surface area contributed by atoms with Gasteiger partial charge in [0.25, 0.3) is 0 Å². The highest BCUT2D eigenvalue weighted by Crippen LogP contribution is 2.27. The van der Waals surface area contributed by atoms with Crippen molar-refractivity contribution in [3.63, 3.8) is 0 Å². The molecule has 0 heterocycles. The van der Waals surface area contributed by atoms with Gasteiger partial charge < -0.3 is 5.11 Å². The van der Waals surface area contributed by atoms with E-state index in [4.69, 9.17) is 0 Å². The smallest absolute Gasteiger partial charge is 0.0851 e. The van der Waals surface area contributed by atoms with Crippen molar-refractivity contribution in [1.29, 1.82) is 0 Å². The lowest BCUT2D eigenvalue weighted by Gasteiger charge is -2.18. The predicted octanol–water partition coefficient (Wildman–Crippen LogP) is 13.4. The van der Waals surface area contributed by atoms with E-state index in [1.807, 2.05) is 0 Å². The van der Waals surface area contributed by atoms with Crippen LogP contribution >= 0.6 is 0 Å². The molecule has 0 spiro atoms. The van der Waals surface area contributed by atoms with Crippen LogP contribution in [0.25, 0.3) is 0 Å². The number of aliphatic hydroxyl groups is 1. The molecule has 0 aromatic rings. The van der Waals surface area contributed by atoms with Gasteiger partial charge in [-0.25, -0.2) is 0 Å². The number of unbranched alkanes of at least 4 members (excludes halogenated alkanes) is 16. The van der Waals surface area contributed by atoms with Crippen molar-refractivity contribution < 1.29 is 5.11 Å². The van der Waals surface area contributed by atoms with E-state index in [1.54, 1.807) is 0 Å². The maximum atomic E-state index is 9.19. The Morgan fingerprint density at radius 1 is 0.514 bits per heavy atom. The number of rotatable bonds is 30. The van der Waals surface area contributed by atoms with E-state index in [0.29, 0.717) is 5.76 Å². The van der Waals surface area contributed by atoms with Crippen LogP contribution in [0.2, 0.25) is 0 Å². The highest BCUT2D eigenvalue weighted by molar-refractivity contribution is 4.95. The second kappa shape index (κ2) is 28.3. The van der Waals surface area contributed by atoms with E-state index in [9.17, 15) is 5.11 Å². The first-order valence-electron chi connectivity index (χ1n) is 17.0. The highest BCUT2D eigenvalue weighted by Gasteiger charge is 2.11. The Morgan fingerprint density at radius 3 is 1.35 bits per heavy atom. The summed E-state index contributed by atoms with van der Waals surface area (Å²) < 4.78 is 0. The fraction of sp³-hybridized carbons (Fsp3) is 0.889. The standard InChI is InChI=1S/C36H70O/c1-6-8-10-20-26-33(3)27-21-16-12-13-17-22-28-34(4)32-36(30-24-11-9-7-2)31-25-19-15-14-18-23-29-35(5)37/h33,36-37H,4-32H2,1-3H3. The summed E-state index contributed by atoms with van der Waals surface area (Å²) in [5.74, 6) is 2.15. The molecule has 0 radical (unpaired) electrons. The normalized spacial score (nSPS) is 13.1. The Balaban J connectivity index is 3.88. The zero-order valence-electron chi connectivity index (χ0n) is 26.1.